The van der Waals surface area contributed by atoms with Crippen molar-refractivity contribution in [1.82, 2.24) is 4.90 Å². The fourth-order valence-electron chi connectivity index (χ4n) is 4.13. The molecular formula is C27H27NO5. The van der Waals surface area contributed by atoms with E-state index in [1.807, 2.05) is 49.4 Å². The zero-order chi connectivity index (χ0) is 22.6. The van der Waals surface area contributed by atoms with Crippen molar-refractivity contribution >= 4 is 21.9 Å². The molecule has 2 heterocycles. The minimum Gasteiger partial charge on any atom is -0.490 e. The van der Waals surface area contributed by atoms with Crippen LogP contribution < -0.4 is 14.9 Å². The minimum atomic E-state index is -0.0700. The van der Waals surface area contributed by atoms with Gasteiger partial charge in [-0.25, -0.2) is 0 Å². The summed E-state index contributed by atoms with van der Waals surface area (Å²) in [5.74, 6) is 1.93. The monoisotopic (exact) mass is 445 g/mol. The maximum atomic E-state index is 13.2. The number of nitrogens with zero attached hydrogens (tertiary/aromatic N) is 1. The van der Waals surface area contributed by atoms with Crippen molar-refractivity contribution < 1.29 is 18.6 Å². The van der Waals surface area contributed by atoms with Gasteiger partial charge in [-0.05, 0) is 55.3 Å². The van der Waals surface area contributed by atoms with Crippen LogP contribution in [0.1, 0.15) is 12.0 Å². The average molecular weight is 446 g/mol. The molecule has 1 aliphatic heterocycles. The molecule has 5 rings (SSSR count). The van der Waals surface area contributed by atoms with Crippen molar-refractivity contribution in [2.45, 2.75) is 13.3 Å². The molecule has 0 unspecified atom stereocenters. The summed E-state index contributed by atoms with van der Waals surface area (Å²) in [7, 11) is 0. The van der Waals surface area contributed by atoms with E-state index in [-0.39, 0.29) is 5.43 Å². The van der Waals surface area contributed by atoms with Crippen LogP contribution in [0.5, 0.6) is 17.2 Å². The molecule has 0 atom stereocenters. The van der Waals surface area contributed by atoms with E-state index in [1.165, 1.54) is 0 Å². The number of aryl methyl sites for hydroxylation is 1. The van der Waals surface area contributed by atoms with Gasteiger partial charge in [-0.1, -0.05) is 18.2 Å². The van der Waals surface area contributed by atoms with Crippen LogP contribution in [0.15, 0.2) is 69.9 Å². The van der Waals surface area contributed by atoms with Gasteiger partial charge < -0.3 is 18.6 Å². The number of rotatable bonds is 7. The number of benzene rings is 3. The second-order valence-electron chi connectivity index (χ2n) is 8.30. The molecule has 0 bridgehead atoms. The van der Waals surface area contributed by atoms with E-state index in [0.29, 0.717) is 40.0 Å². The molecule has 0 N–H and O–H groups in total. The Morgan fingerprint density at radius 2 is 1.76 bits per heavy atom. The first kappa shape index (κ1) is 21.5. The van der Waals surface area contributed by atoms with Crippen LogP contribution in [0.4, 0.5) is 0 Å². The lowest BCUT2D eigenvalue weighted by atomic mass is 10.1. The van der Waals surface area contributed by atoms with Crippen LogP contribution in [0.3, 0.4) is 0 Å². The molecule has 0 saturated carbocycles. The second kappa shape index (κ2) is 9.65. The quantitative estimate of drug-likeness (QED) is 0.290. The molecule has 170 valence electrons. The summed E-state index contributed by atoms with van der Waals surface area (Å²) in [4.78, 5) is 15.6. The Morgan fingerprint density at radius 1 is 0.939 bits per heavy atom. The molecule has 4 aromatic rings. The van der Waals surface area contributed by atoms with Crippen LogP contribution in [-0.4, -0.2) is 44.4 Å². The Hall–Kier alpha value is -3.35. The third-order valence-electron chi connectivity index (χ3n) is 5.81. The summed E-state index contributed by atoms with van der Waals surface area (Å²) in [5, 5.41) is 1.05. The summed E-state index contributed by atoms with van der Waals surface area (Å²) in [6.07, 6.45) is 0.891. The first-order valence-electron chi connectivity index (χ1n) is 11.3. The summed E-state index contributed by atoms with van der Waals surface area (Å²) < 4.78 is 23.6. The Labute approximate surface area is 192 Å². The van der Waals surface area contributed by atoms with E-state index >= 15 is 0 Å². The van der Waals surface area contributed by atoms with E-state index in [9.17, 15) is 4.79 Å². The van der Waals surface area contributed by atoms with Gasteiger partial charge >= 0.3 is 0 Å². The van der Waals surface area contributed by atoms with Gasteiger partial charge in [-0.3, -0.25) is 9.69 Å². The molecule has 1 aliphatic rings. The highest BCUT2D eigenvalue weighted by molar-refractivity contribution is 5.93. The minimum absolute atomic E-state index is 0.0700. The predicted molar refractivity (Wildman–Crippen MR) is 129 cm³/mol. The first-order chi connectivity index (χ1) is 16.2. The summed E-state index contributed by atoms with van der Waals surface area (Å²) in [6.45, 7) is 6.97. The van der Waals surface area contributed by atoms with Crippen molar-refractivity contribution in [2.75, 3.05) is 39.5 Å². The van der Waals surface area contributed by atoms with E-state index < -0.39 is 0 Å². The molecule has 6 heteroatoms. The lowest BCUT2D eigenvalue weighted by Crippen LogP contribution is -2.37. The lowest BCUT2D eigenvalue weighted by Gasteiger charge is -2.26. The summed E-state index contributed by atoms with van der Waals surface area (Å²) >= 11 is 0. The van der Waals surface area contributed by atoms with Gasteiger partial charge in [0.15, 0.2) is 11.3 Å². The van der Waals surface area contributed by atoms with Crippen LogP contribution in [0.25, 0.3) is 21.9 Å². The van der Waals surface area contributed by atoms with Gasteiger partial charge in [0.05, 0.1) is 30.6 Å². The Kier molecular flexibility index (Phi) is 6.28. The number of fused-ring (bicyclic) bond motifs is 2. The van der Waals surface area contributed by atoms with Crippen LogP contribution >= 0.6 is 0 Å². The number of morpholine rings is 1. The van der Waals surface area contributed by atoms with Crippen molar-refractivity contribution in [3.63, 3.8) is 0 Å². The van der Waals surface area contributed by atoms with Crippen molar-refractivity contribution in [1.29, 1.82) is 0 Å². The SMILES string of the molecule is Cc1cc(OCCCN2CCOCC2)c2oc3cc(Oc4ccccc4)ccc3c(=O)c2c1. The molecular weight excluding hydrogens is 418 g/mol. The third-order valence-corrected chi connectivity index (χ3v) is 5.81. The zero-order valence-corrected chi connectivity index (χ0v) is 18.7. The van der Waals surface area contributed by atoms with Gasteiger partial charge in [-0.15, -0.1) is 0 Å². The maximum absolute atomic E-state index is 13.2. The molecule has 3 aromatic carbocycles. The molecule has 6 nitrogen and oxygen atoms in total. The van der Waals surface area contributed by atoms with E-state index in [0.717, 1.165) is 50.6 Å². The lowest BCUT2D eigenvalue weighted by molar-refractivity contribution is 0.0358. The largest absolute Gasteiger partial charge is 0.490 e. The first-order valence-corrected chi connectivity index (χ1v) is 11.3. The molecule has 1 fully saturated rings. The predicted octanol–water partition coefficient (Wildman–Crippen LogP) is 5.15. The fourth-order valence-corrected chi connectivity index (χ4v) is 4.13. The molecule has 33 heavy (non-hydrogen) atoms. The fraction of sp³-hybridized carbons (Fsp3) is 0.296. The topological polar surface area (TPSA) is 61.1 Å². The van der Waals surface area contributed by atoms with Crippen LogP contribution in [0.2, 0.25) is 0 Å². The highest BCUT2D eigenvalue weighted by Crippen LogP contribution is 2.31. The molecule has 0 spiro atoms. The maximum Gasteiger partial charge on any atom is 0.200 e. The second-order valence-corrected chi connectivity index (χ2v) is 8.30. The van der Waals surface area contributed by atoms with Gasteiger partial charge in [0.2, 0.25) is 5.43 Å². The molecule has 0 amide bonds. The highest BCUT2D eigenvalue weighted by Gasteiger charge is 2.15. The number of hydrogen-bond acceptors (Lipinski definition) is 6. The van der Waals surface area contributed by atoms with E-state index in [4.69, 9.17) is 18.6 Å². The zero-order valence-electron chi connectivity index (χ0n) is 18.7. The standard InChI is InChI=1S/C27H27NO5/c1-19-16-23-26(29)22-9-8-21(32-20-6-3-2-4-7-20)18-24(22)33-27(23)25(17-19)31-13-5-10-28-11-14-30-15-12-28/h2-4,6-9,16-18H,5,10-15H2,1H3. The van der Waals surface area contributed by atoms with E-state index in [1.54, 1.807) is 18.2 Å². The van der Waals surface area contributed by atoms with E-state index in [2.05, 4.69) is 4.90 Å². The Morgan fingerprint density at radius 3 is 2.58 bits per heavy atom. The number of ether oxygens (including phenoxy) is 3. The average Bonchev–Trinajstić information content (AvgIpc) is 2.84. The van der Waals surface area contributed by atoms with Gasteiger partial charge in [0, 0.05) is 25.7 Å². The normalized spacial score (nSPS) is 14.6. The van der Waals surface area contributed by atoms with Crippen molar-refractivity contribution in [3.05, 3.63) is 76.5 Å². The third kappa shape index (κ3) is 4.87. The summed E-state index contributed by atoms with van der Waals surface area (Å²) in [6, 6.07) is 18.6. The molecule has 0 aliphatic carbocycles. The summed E-state index contributed by atoms with van der Waals surface area (Å²) in [5.41, 5.74) is 1.84. The Balaban J connectivity index is 1.42. The Bertz CT molecular complexity index is 1310. The van der Waals surface area contributed by atoms with Crippen molar-refractivity contribution in [3.8, 4) is 17.2 Å². The number of para-hydroxylation sites is 1. The van der Waals surface area contributed by atoms with Crippen LogP contribution in [0, 0.1) is 6.92 Å². The smallest absolute Gasteiger partial charge is 0.200 e. The highest BCUT2D eigenvalue weighted by atomic mass is 16.5. The molecule has 0 radical (unpaired) electrons. The van der Waals surface area contributed by atoms with Gasteiger partial charge in [0.1, 0.15) is 17.1 Å². The molecule has 1 aromatic heterocycles. The van der Waals surface area contributed by atoms with Crippen LogP contribution in [-0.2, 0) is 4.74 Å². The van der Waals surface area contributed by atoms with Crippen molar-refractivity contribution in [2.24, 2.45) is 0 Å². The van der Waals surface area contributed by atoms with Gasteiger partial charge in [0.25, 0.3) is 0 Å². The number of hydrogen-bond donors (Lipinski definition) is 0. The molecule has 1 saturated heterocycles. The van der Waals surface area contributed by atoms with Gasteiger partial charge in [-0.2, -0.15) is 0 Å².